The Morgan fingerprint density at radius 2 is 2.35 bits per heavy atom. The first-order valence-electron chi connectivity index (χ1n) is 6.18. The van der Waals surface area contributed by atoms with E-state index < -0.39 is 0 Å². The van der Waals surface area contributed by atoms with Gasteiger partial charge in [0.2, 0.25) is 0 Å². The smallest absolute Gasteiger partial charge is 0.293 e. The Kier molecular flexibility index (Phi) is 5.69. The van der Waals surface area contributed by atoms with Crippen molar-refractivity contribution in [3.63, 3.8) is 0 Å². The minimum Gasteiger partial charge on any atom is -0.365 e. The van der Waals surface area contributed by atoms with Crippen LogP contribution in [0.3, 0.4) is 0 Å². The largest absolute Gasteiger partial charge is 0.365 e. The summed E-state index contributed by atoms with van der Waals surface area (Å²) >= 11 is 0. The monoisotopic (exact) mass is 238 g/mol. The summed E-state index contributed by atoms with van der Waals surface area (Å²) in [6.07, 6.45) is 5.27. The van der Waals surface area contributed by atoms with Crippen molar-refractivity contribution in [1.29, 1.82) is 0 Å². The van der Waals surface area contributed by atoms with Gasteiger partial charge >= 0.3 is 0 Å². The second kappa shape index (κ2) is 7.06. The zero-order valence-electron chi connectivity index (χ0n) is 10.6. The first kappa shape index (κ1) is 13.7. The summed E-state index contributed by atoms with van der Waals surface area (Å²) in [5, 5.41) is 3.10. The number of anilines is 1. The standard InChI is InChI=1S/C12H22N4O/c1-3-7-16-8-6-14-11(12(16)17)15-9-10(2)4-5-13/h6,8,10H,3-5,7,9,13H2,1-2H3,(H,14,15). The van der Waals surface area contributed by atoms with Gasteiger partial charge < -0.3 is 15.6 Å². The highest BCUT2D eigenvalue weighted by molar-refractivity contribution is 5.30. The molecule has 0 radical (unpaired) electrons. The molecular weight excluding hydrogens is 216 g/mol. The predicted octanol–water partition coefficient (Wildman–Crippen LogP) is 1.05. The molecular formula is C12H22N4O. The highest BCUT2D eigenvalue weighted by atomic mass is 16.1. The molecule has 1 heterocycles. The van der Waals surface area contributed by atoms with Gasteiger partial charge in [-0.1, -0.05) is 13.8 Å². The van der Waals surface area contributed by atoms with Gasteiger partial charge in [-0.15, -0.1) is 0 Å². The van der Waals surface area contributed by atoms with Gasteiger partial charge in [-0.2, -0.15) is 0 Å². The molecule has 0 aliphatic rings. The van der Waals surface area contributed by atoms with E-state index in [2.05, 4.69) is 17.2 Å². The Morgan fingerprint density at radius 3 is 3.00 bits per heavy atom. The molecule has 0 fully saturated rings. The highest BCUT2D eigenvalue weighted by Gasteiger charge is 2.06. The van der Waals surface area contributed by atoms with E-state index >= 15 is 0 Å². The van der Waals surface area contributed by atoms with Crippen LogP contribution in [0.4, 0.5) is 5.82 Å². The molecule has 1 atom stereocenters. The molecule has 0 saturated carbocycles. The molecule has 0 spiro atoms. The summed E-state index contributed by atoms with van der Waals surface area (Å²) in [6, 6.07) is 0. The molecule has 0 saturated heterocycles. The highest BCUT2D eigenvalue weighted by Crippen LogP contribution is 2.01. The van der Waals surface area contributed by atoms with Crippen molar-refractivity contribution in [1.82, 2.24) is 9.55 Å². The number of nitrogens with zero attached hydrogens (tertiary/aromatic N) is 2. The molecule has 5 nitrogen and oxygen atoms in total. The molecule has 1 rings (SSSR count). The molecule has 0 aromatic carbocycles. The number of rotatable bonds is 7. The first-order chi connectivity index (χ1) is 8.19. The van der Waals surface area contributed by atoms with E-state index in [-0.39, 0.29) is 5.56 Å². The summed E-state index contributed by atoms with van der Waals surface area (Å²) in [5.41, 5.74) is 5.44. The lowest BCUT2D eigenvalue weighted by Crippen LogP contribution is -2.26. The van der Waals surface area contributed by atoms with Crippen LogP contribution >= 0.6 is 0 Å². The molecule has 0 aliphatic carbocycles. The van der Waals surface area contributed by atoms with E-state index in [1.165, 1.54) is 0 Å². The van der Waals surface area contributed by atoms with Crippen LogP contribution in [0, 0.1) is 5.92 Å². The third-order valence-corrected chi connectivity index (χ3v) is 2.66. The second-order valence-electron chi connectivity index (χ2n) is 4.34. The molecule has 5 heteroatoms. The number of aromatic nitrogens is 2. The van der Waals surface area contributed by atoms with Crippen molar-refractivity contribution >= 4 is 5.82 Å². The quantitative estimate of drug-likeness (QED) is 0.744. The maximum absolute atomic E-state index is 11.9. The van der Waals surface area contributed by atoms with Crippen LogP contribution in [0.5, 0.6) is 0 Å². The molecule has 96 valence electrons. The van der Waals surface area contributed by atoms with E-state index in [0.717, 1.165) is 25.9 Å². The van der Waals surface area contributed by atoms with Crippen molar-refractivity contribution in [2.75, 3.05) is 18.4 Å². The SMILES string of the molecule is CCCn1ccnc(NCC(C)CCN)c1=O. The van der Waals surface area contributed by atoms with E-state index in [4.69, 9.17) is 5.73 Å². The summed E-state index contributed by atoms with van der Waals surface area (Å²) < 4.78 is 1.68. The lowest BCUT2D eigenvalue weighted by atomic mass is 10.1. The Hall–Kier alpha value is -1.36. The third-order valence-electron chi connectivity index (χ3n) is 2.66. The van der Waals surface area contributed by atoms with Crippen molar-refractivity contribution < 1.29 is 0 Å². The zero-order chi connectivity index (χ0) is 12.7. The summed E-state index contributed by atoms with van der Waals surface area (Å²) in [6.45, 7) is 6.28. The third kappa shape index (κ3) is 4.19. The number of hydrogen-bond donors (Lipinski definition) is 2. The molecule has 0 bridgehead atoms. The Bertz CT molecular complexity index is 388. The number of nitrogens with one attached hydrogen (secondary N) is 1. The number of hydrogen-bond acceptors (Lipinski definition) is 4. The first-order valence-corrected chi connectivity index (χ1v) is 6.18. The van der Waals surface area contributed by atoms with Crippen LogP contribution in [-0.4, -0.2) is 22.6 Å². The van der Waals surface area contributed by atoms with Gasteiger partial charge in [0.05, 0.1) is 0 Å². The zero-order valence-corrected chi connectivity index (χ0v) is 10.6. The Morgan fingerprint density at radius 1 is 1.59 bits per heavy atom. The predicted molar refractivity (Wildman–Crippen MR) is 70.1 cm³/mol. The fraction of sp³-hybridized carbons (Fsp3) is 0.667. The van der Waals surface area contributed by atoms with Crippen LogP contribution in [-0.2, 0) is 6.54 Å². The molecule has 1 aromatic rings. The summed E-state index contributed by atoms with van der Waals surface area (Å²) in [5.74, 6) is 0.880. The number of aryl methyl sites for hydroxylation is 1. The van der Waals surface area contributed by atoms with Gasteiger partial charge in [0.15, 0.2) is 5.82 Å². The van der Waals surface area contributed by atoms with E-state index in [9.17, 15) is 4.79 Å². The van der Waals surface area contributed by atoms with Gasteiger partial charge in [0.1, 0.15) is 0 Å². The second-order valence-corrected chi connectivity index (χ2v) is 4.34. The fourth-order valence-electron chi connectivity index (χ4n) is 1.64. The van der Waals surface area contributed by atoms with Crippen molar-refractivity contribution in [2.24, 2.45) is 11.7 Å². The molecule has 0 amide bonds. The van der Waals surface area contributed by atoms with E-state index in [1.807, 2.05) is 6.92 Å². The van der Waals surface area contributed by atoms with Crippen LogP contribution in [0.25, 0.3) is 0 Å². The van der Waals surface area contributed by atoms with Gasteiger partial charge in [-0.05, 0) is 25.3 Å². The Labute approximate surface area is 102 Å². The minimum atomic E-state index is -0.0469. The van der Waals surface area contributed by atoms with Crippen molar-refractivity contribution in [2.45, 2.75) is 33.2 Å². The lowest BCUT2D eigenvalue weighted by molar-refractivity contribution is 0.565. The molecule has 0 aliphatic heterocycles. The molecule has 17 heavy (non-hydrogen) atoms. The average molecular weight is 238 g/mol. The van der Waals surface area contributed by atoms with Gasteiger partial charge in [-0.25, -0.2) is 4.98 Å². The van der Waals surface area contributed by atoms with Crippen LogP contribution in [0.15, 0.2) is 17.2 Å². The normalized spacial score (nSPS) is 12.4. The summed E-state index contributed by atoms with van der Waals surface area (Å²) in [4.78, 5) is 16.0. The van der Waals surface area contributed by atoms with E-state index in [1.54, 1.807) is 17.0 Å². The van der Waals surface area contributed by atoms with Crippen LogP contribution in [0.1, 0.15) is 26.7 Å². The van der Waals surface area contributed by atoms with E-state index in [0.29, 0.717) is 18.3 Å². The lowest BCUT2D eigenvalue weighted by Gasteiger charge is -2.12. The maximum Gasteiger partial charge on any atom is 0.293 e. The van der Waals surface area contributed by atoms with Crippen LogP contribution < -0.4 is 16.6 Å². The van der Waals surface area contributed by atoms with Crippen molar-refractivity contribution in [3.05, 3.63) is 22.7 Å². The van der Waals surface area contributed by atoms with Crippen LogP contribution in [0.2, 0.25) is 0 Å². The van der Waals surface area contributed by atoms with Gasteiger partial charge in [-0.3, -0.25) is 4.79 Å². The Balaban J connectivity index is 2.65. The molecule has 3 N–H and O–H groups in total. The minimum absolute atomic E-state index is 0.0469. The average Bonchev–Trinajstić information content (AvgIpc) is 2.31. The molecule has 1 aromatic heterocycles. The van der Waals surface area contributed by atoms with Crippen molar-refractivity contribution in [3.8, 4) is 0 Å². The van der Waals surface area contributed by atoms with Gasteiger partial charge in [0, 0.05) is 25.5 Å². The topological polar surface area (TPSA) is 72.9 Å². The maximum atomic E-state index is 11.9. The summed E-state index contributed by atoms with van der Waals surface area (Å²) in [7, 11) is 0. The fourth-order valence-corrected chi connectivity index (χ4v) is 1.64. The van der Waals surface area contributed by atoms with Gasteiger partial charge in [0.25, 0.3) is 5.56 Å². The number of nitrogens with two attached hydrogens (primary N) is 1. The molecule has 1 unspecified atom stereocenters.